The zero-order valence-corrected chi connectivity index (χ0v) is 6.97. The van der Waals surface area contributed by atoms with Crippen LogP contribution in [-0.4, -0.2) is 31.3 Å². The lowest BCUT2D eigenvalue weighted by Gasteiger charge is -2.12. The molecule has 0 heterocycles. The van der Waals surface area contributed by atoms with Crippen molar-refractivity contribution in [2.75, 3.05) is 26.3 Å². The molecule has 10 heavy (non-hydrogen) atoms. The van der Waals surface area contributed by atoms with Crippen molar-refractivity contribution in [2.45, 2.75) is 20.3 Å². The molecule has 0 saturated carbocycles. The predicted octanol–water partition coefficient (Wildman–Crippen LogP) is 0.609. The fraction of sp³-hybridized carbons (Fsp3) is 1.00. The molecule has 0 spiro atoms. The lowest BCUT2D eigenvalue weighted by molar-refractivity contribution is 0.133. The molecule has 62 valence electrons. The summed E-state index contributed by atoms with van der Waals surface area (Å²) in [6.07, 6.45) is 1.03. The van der Waals surface area contributed by atoms with Gasteiger partial charge in [0.1, 0.15) is 0 Å². The topological polar surface area (TPSA) is 38.5 Å². The lowest BCUT2D eigenvalue weighted by atomic mass is 10.4. The Morgan fingerprint density at radius 2 is 2.10 bits per heavy atom. The molecule has 0 aromatic carbocycles. The SMILES string of the molecule is CCOCCCN(N)CC. The number of nitrogens with two attached hydrogens (primary N) is 1. The van der Waals surface area contributed by atoms with Crippen molar-refractivity contribution in [3.8, 4) is 0 Å². The maximum Gasteiger partial charge on any atom is 0.0478 e. The van der Waals surface area contributed by atoms with Crippen LogP contribution in [0.1, 0.15) is 20.3 Å². The number of hydrazine groups is 1. The zero-order chi connectivity index (χ0) is 7.82. The smallest absolute Gasteiger partial charge is 0.0478 e. The van der Waals surface area contributed by atoms with Gasteiger partial charge in [0.25, 0.3) is 0 Å². The van der Waals surface area contributed by atoms with Gasteiger partial charge in [0, 0.05) is 26.3 Å². The normalized spacial score (nSPS) is 10.8. The first-order valence-corrected chi connectivity index (χ1v) is 3.88. The van der Waals surface area contributed by atoms with E-state index in [9.17, 15) is 0 Å². The first kappa shape index (κ1) is 9.88. The monoisotopic (exact) mass is 146 g/mol. The van der Waals surface area contributed by atoms with Crippen LogP contribution in [0, 0.1) is 0 Å². The van der Waals surface area contributed by atoms with Crippen LogP contribution in [0.15, 0.2) is 0 Å². The van der Waals surface area contributed by atoms with Crippen molar-refractivity contribution >= 4 is 0 Å². The molecule has 0 aliphatic heterocycles. The molecule has 3 nitrogen and oxygen atoms in total. The molecule has 0 atom stereocenters. The van der Waals surface area contributed by atoms with Gasteiger partial charge in [-0.25, -0.2) is 5.01 Å². The average Bonchev–Trinajstić information content (AvgIpc) is 1.98. The highest BCUT2D eigenvalue weighted by molar-refractivity contribution is 4.43. The van der Waals surface area contributed by atoms with Crippen molar-refractivity contribution in [2.24, 2.45) is 5.84 Å². The summed E-state index contributed by atoms with van der Waals surface area (Å²) in [7, 11) is 0. The number of hydrogen-bond donors (Lipinski definition) is 1. The molecule has 0 bridgehead atoms. The van der Waals surface area contributed by atoms with E-state index in [1.54, 1.807) is 5.01 Å². The third-order valence-corrected chi connectivity index (χ3v) is 1.34. The fourth-order valence-corrected chi connectivity index (χ4v) is 0.672. The molecule has 0 aliphatic carbocycles. The first-order valence-electron chi connectivity index (χ1n) is 3.88. The second-order valence-corrected chi connectivity index (χ2v) is 2.18. The van der Waals surface area contributed by atoms with Crippen molar-refractivity contribution < 1.29 is 4.74 Å². The van der Waals surface area contributed by atoms with E-state index in [1.165, 1.54) is 0 Å². The number of rotatable bonds is 6. The van der Waals surface area contributed by atoms with E-state index in [0.29, 0.717) is 0 Å². The third-order valence-electron chi connectivity index (χ3n) is 1.34. The van der Waals surface area contributed by atoms with Gasteiger partial charge < -0.3 is 4.74 Å². The highest BCUT2D eigenvalue weighted by atomic mass is 16.5. The van der Waals surface area contributed by atoms with E-state index in [1.807, 2.05) is 13.8 Å². The number of hydrogen-bond acceptors (Lipinski definition) is 3. The van der Waals surface area contributed by atoms with E-state index in [4.69, 9.17) is 10.6 Å². The molecule has 0 aliphatic rings. The minimum atomic E-state index is 0.802. The highest BCUT2D eigenvalue weighted by Gasteiger charge is 1.92. The average molecular weight is 146 g/mol. The quantitative estimate of drug-likeness (QED) is 0.339. The van der Waals surface area contributed by atoms with E-state index < -0.39 is 0 Å². The summed E-state index contributed by atoms with van der Waals surface area (Å²) in [5.41, 5.74) is 0. The first-order chi connectivity index (χ1) is 4.81. The van der Waals surface area contributed by atoms with Gasteiger partial charge in [0.15, 0.2) is 0 Å². The molecule has 0 fully saturated rings. The summed E-state index contributed by atoms with van der Waals surface area (Å²) in [4.78, 5) is 0. The van der Waals surface area contributed by atoms with Crippen molar-refractivity contribution in [1.82, 2.24) is 5.01 Å². The molecule has 0 rings (SSSR count). The Morgan fingerprint density at radius 1 is 1.40 bits per heavy atom. The van der Waals surface area contributed by atoms with Crippen LogP contribution in [0.5, 0.6) is 0 Å². The van der Waals surface area contributed by atoms with E-state index in [2.05, 4.69) is 0 Å². The van der Waals surface area contributed by atoms with Crippen LogP contribution in [0.2, 0.25) is 0 Å². The standard InChI is InChI=1S/C7H18N2O/c1-3-9(8)6-5-7-10-4-2/h3-8H2,1-2H3. The van der Waals surface area contributed by atoms with Gasteiger partial charge in [0.05, 0.1) is 0 Å². The van der Waals surface area contributed by atoms with Gasteiger partial charge in [-0.15, -0.1) is 0 Å². The second kappa shape index (κ2) is 6.99. The largest absolute Gasteiger partial charge is 0.382 e. The molecule has 0 aromatic heterocycles. The van der Waals surface area contributed by atoms with Gasteiger partial charge in [0.2, 0.25) is 0 Å². The minimum absolute atomic E-state index is 0.802. The Hall–Kier alpha value is -0.120. The zero-order valence-electron chi connectivity index (χ0n) is 6.97. The van der Waals surface area contributed by atoms with Crippen LogP contribution < -0.4 is 5.84 Å². The summed E-state index contributed by atoms with van der Waals surface area (Å²) in [6, 6.07) is 0. The summed E-state index contributed by atoms with van der Waals surface area (Å²) in [6.45, 7) is 7.50. The molecule has 0 unspecified atom stereocenters. The van der Waals surface area contributed by atoms with Crippen LogP contribution in [0.3, 0.4) is 0 Å². The van der Waals surface area contributed by atoms with E-state index in [0.717, 1.165) is 32.7 Å². The molecule has 0 amide bonds. The number of nitrogens with zero attached hydrogens (tertiary/aromatic N) is 1. The molecular formula is C7H18N2O. The van der Waals surface area contributed by atoms with Crippen LogP contribution in [0.25, 0.3) is 0 Å². The molecule has 0 aromatic rings. The van der Waals surface area contributed by atoms with Gasteiger partial charge in [-0.2, -0.15) is 0 Å². The molecule has 0 saturated heterocycles. The van der Waals surface area contributed by atoms with Gasteiger partial charge >= 0.3 is 0 Å². The Labute approximate surface area is 63.1 Å². The highest BCUT2D eigenvalue weighted by Crippen LogP contribution is 1.84. The molecular weight excluding hydrogens is 128 g/mol. The fourth-order valence-electron chi connectivity index (χ4n) is 0.672. The summed E-state index contributed by atoms with van der Waals surface area (Å²) in [5.74, 6) is 5.53. The maximum absolute atomic E-state index is 5.53. The van der Waals surface area contributed by atoms with Crippen molar-refractivity contribution in [3.05, 3.63) is 0 Å². The second-order valence-electron chi connectivity index (χ2n) is 2.18. The van der Waals surface area contributed by atoms with Gasteiger partial charge in [-0.05, 0) is 13.3 Å². The Bertz CT molecular complexity index is 68.6. The van der Waals surface area contributed by atoms with Crippen LogP contribution in [-0.2, 0) is 4.74 Å². The predicted molar refractivity (Wildman–Crippen MR) is 42.5 cm³/mol. The van der Waals surface area contributed by atoms with Crippen molar-refractivity contribution in [1.29, 1.82) is 0 Å². The summed E-state index contributed by atoms with van der Waals surface area (Å²) >= 11 is 0. The Balaban J connectivity index is 2.89. The minimum Gasteiger partial charge on any atom is -0.382 e. The van der Waals surface area contributed by atoms with Crippen molar-refractivity contribution in [3.63, 3.8) is 0 Å². The van der Waals surface area contributed by atoms with E-state index >= 15 is 0 Å². The Kier molecular flexibility index (Phi) is 6.91. The maximum atomic E-state index is 5.53. The van der Waals surface area contributed by atoms with Crippen LogP contribution >= 0.6 is 0 Å². The lowest BCUT2D eigenvalue weighted by Crippen LogP contribution is -2.32. The molecule has 2 N–H and O–H groups in total. The summed E-state index contributed by atoms with van der Waals surface area (Å²) in [5, 5.41) is 1.79. The molecule has 3 heteroatoms. The van der Waals surface area contributed by atoms with Gasteiger partial charge in [-0.1, -0.05) is 6.92 Å². The summed E-state index contributed by atoms with van der Waals surface area (Å²) < 4.78 is 5.15. The third kappa shape index (κ3) is 6.01. The van der Waals surface area contributed by atoms with Gasteiger partial charge in [-0.3, -0.25) is 5.84 Å². The number of ether oxygens (including phenoxy) is 1. The molecule has 0 radical (unpaired) electrons. The van der Waals surface area contributed by atoms with E-state index in [-0.39, 0.29) is 0 Å². The Morgan fingerprint density at radius 3 is 2.60 bits per heavy atom. The van der Waals surface area contributed by atoms with Crippen LogP contribution in [0.4, 0.5) is 0 Å².